The minimum Gasteiger partial charge on any atom is -0.465 e. The molecular weight excluding hydrogens is 410 g/mol. The quantitative estimate of drug-likeness (QED) is 0.598. The molecule has 4 rings (SSSR count). The monoisotopic (exact) mass is 443 g/mol. The van der Waals surface area contributed by atoms with Gasteiger partial charge in [-0.1, -0.05) is 12.1 Å². The highest BCUT2D eigenvalue weighted by atomic mass is 16.5. The van der Waals surface area contributed by atoms with Crippen molar-refractivity contribution in [3.05, 3.63) is 35.5 Å². The Bertz CT molecular complexity index is 954. The molecule has 2 N–H and O–H groups in total. The van der Waals surface area contributed by atoms with Gasteiger partial charge in [-0.25, -0.2) is 0 Å². The first-order chi connectivity index (χ1) is 15.4. The Morgan fingerprint density at radius 2 is 1.88 bits per heavy atom. The number of aromatic nitrogens is 1. The van der Waals surface area contributed by atoms with Gasteiger partial charge in [0.05, 0.1) is 32.4 Å². The summed E-state index contributed by atoms with van der Waals surface area (Å²) >= 11 is 0. The van der Waals surface area contributed by atoms with Gasteiger partial charge in [-0.3, -0.25) is 14.5 Å². The molecule has 0 bridgehead atoms. The highest BCUT2D eigenvalue weighted by Crippen LogP contribution is 2.44. The van der Waals surface area contributed by atoms with Crippen molar-refractivity contribution in [1.82, 2.24) is 14.8 Å². The number of likely N-dealkylation sites (tertiary alicyclic amines) is 1. The van der Waals surface area contributed by atoms with Crippen LogP contribution in [-0.4, -0.2) is 90.4 Å². The maximum Gasteiger partial charge on any atom is 0.320 e. The van der Waals surface area contributed by atoms with Gasteiger partial charge >= 0.3 is 11.9 Å². The van der Waals surface area contributed by atoms with Crippen molar-refractivity contribution >= 4 is 22.8 Å². The Balaban J connectivity index is 1.57. The van der Waals surface area contributed by atoms with E-state index in [1.165, 1.54) is 16.5 Å². The first kappa shape index (κ1) is 22.8. The van der Waals surface area contributed by atoms with Gasteiger partial charge in [0.1, 0.15) is 0 Å². The molecule has 8 heteroatoms. The summed E-state index contributed by atoms with van der Waals surface area (Å²) in [5.41, 5.74) is 3.56. The van der Waals surface area contributed by atoms with Crippen LogP contribution in [0, 0.1) is 5.92 Å². The summed E-state index contributed by atoms with van der Waals surface area (Å²) in [4.78, 5) is 31.7. The van der Waals surface area contributed by atoms with Crippen LogP contribution >= 0.6 is 0 Å². The van der Waals surface area contributed by atoms with Crippen molar-refractivity contribution < 1.29 is 24.2 Å². The lowest BCUT2D eigenvalue weighted by atomic mass is 9.70. The fourth-order valence-corrected chi connectivity index (χ4v) is 5.49. The molecule has 2 aromatic rings. The molecule has 32 heavy (non-hydrogen) atoms. The van der Waals surface area contributed by atoms with Crippen LogP contribution in [0.4, 0.5) is 0 Å². The minimum atomic E-state index is -0.586. The number of carbonyl (C=O) groups is 2. The number of rotatable bonds is 8. The van der Waals surface area contributed by atoms with Crippen LogP contribution in [0.1, 0.15) is 30.9 Å². The summed E-state index contributed by atoms with van der Waals surface area (Å²) in [6.45, 7) is 5.15. The summed E-state index contributed by atoms with van der Waals surface area (Å²) in [6.07, 6.45) is 2.38. The van der Waals surface area contributed by atoms with Gasteiger partial charge in [-0.15, -0.1) is 0 Å². The second-order valence-electron chi connectivity index (χ2n) is 8.85. The standard InChI is InChI=1S/C24H33N3O5/c1-4-31-20(28)13-27(14-21(29)32-5-2)12-16-11-26(3)19-9-15-10-25-18-8-6-7-17(22(15)18)23(19)24(16)30/h6-8,10,16,19,23-25,30H,4-5,9,11-14H2,1-3H3/t16-,19-,23-,24-/m1/s1. The molecule has 2 aliphatic rings. The van der Waals surface area contributed by atoms with Crippen molar-refractivity contribution in [2.24, 2.45) is 5.92 Å². The van der Waals surface area contributed by atoms with Crippen LogP contribution in [0.15, 0.2) is 24.4 Å². The highest BCUT2D eigenvalue weighted by Gasteiger charge is 2.45. The zero-order valence-electron chi connectivity index (χ0n) is 19.0. The molecular formula is C24H33N3O5. The van der Waals surface area contributed by atoms with E-state index in [1.54, 1.807) is 18.7 Å². The normalized spacial score (nSPS) is 25.0. The second-order valence-corrected chi connectivity index (χ2v) is 8.85. The SMILES string of the molecule is CCOC(=O)CN(CC(=O)OCC)C[C@H]1CN(C)[C@@H]2Cc3c[nH]c4cccc(c34)[C@H]2[C@@H]1O. The van der Waals surface area contributed by atoms with E-state index >= 15 is 0 Å². The van der Waals surface area contributed by atoms with E-state index in [0.29, 0.717) is 13.1 Å². The largest absolute Gasteiger partial charge is 0.465 e. The van der Waals surface area contributed by atoms with Crippen molar-refractivity contribution in [3.63, 3.8) is 0 Å². The number of aromatic amines is 1. The molecule has 0 spiro atoms. The van der Waals surface area contributed by atoms with Crippen LogP contribution in [-0.2, 0) is 25.5 Å². The lowest BCUT2D eigenvalue weighted by Gasteiger charge is -2.49. The Morgan fingerprint density at radius 3 is 2.53 bits per heavy atom. The number of nitrogens with zero attached hydrogens (tertiary/aromatic N) is 2. The number of benzene rings is 1. The molecule has 0 saturated carbocycles. The molecule has 4 atom stereocenters. The fraction of sp³-hybridized carbons (Fsp3) is 0.583. The van der Waals surface area contributed by atoms with Crippen molar-refractivity contribution in [2.45, 2.75) is 38.3 Å². The average molecular weight is 444 g/mol. The van der Waals surface area contributed by atoms with E-state index in [9.17, 15) is 14.7 Å². The lowest BCUT2D eigenvalue weighted by Crippen LogP contribution is -2.57. The number of carbonyl (C=O) groups excluding carboxylic acids is 2. The smallest absolute Gasteiger partial charge is 0.320 e. The number of aliphatic hydroxyl groups excluding tert-OH is 1. The molecule has 0 amide bonds. The molecule has 2 heterocycles. The number of nitrogens with one attached hydrogen (secondary N) is 1. The summed E-state index contributed by atoms with van der Waals surface area (Å²) in [5, 5.41) is 12.7. The van der Waals surface area contributed by atoms with Crippen LogP contribution in [0.5, 0.6) is 0 Å². The number of H-pyrrole nitrogens is 1. The predicted octanol–water partition coefficient (Wildman–Crippen LogP) is 1.53. The fourth-order valence-electron chi connectivity index (χ4n) is 5.49. The highest BCUT2D eigenvalue weighted by molar-refractivity contribution is 5.88. The van der Waals surface area contributed by atoms with Gasteiger partial charge in [0.2, 0.25) is 0 Å². The number of aliphatic hydroxyl groups is 1. The first-order valence-corrected chi connectivity index (χ1v) is 11.4. The molecule has 1 aromatic heterocycles. The van der Waals surface area contributed by atoms with Gasteiger partial charge in [0, 0.05) is 48.1 Å². The minimum absolute atomic E-state index is 0.00871. The van der Waals surface area contributed by atoms with Gasteiger partial charge in [-0.2, -0.15) is 0 Å². The number of esters is 2. The molecule has 8 nitrogen and oxygen atoms in total. The van der Waals surface area contributed by atoms with E-state index in [0.717, 1.165) is 11.9 Å². The molecule has 1 fully saturated rings. The van der Waals surface area contributed by atoms with Crippen LogP contribution in [0.3, 0.4) is 0 Å². The van der Waals surface area contributed by atoms with Gasteiger partial charge in [0.15, 0.2) is 0 Å². The Hall–Kier alpha value is -2.42. The van der Waals surface area contributed by atoms with Gasteiger partial charge in [0.25, 0.3) is 0 Å². The third-order valence-electron chi connectivity index (χ3n) is 6.77. The van der Waals surface area contributed by atoms with E-state index < -0.39 is 6.10 Å². The number of hydrogen-bond acceptors (Lipinski definition) is 7. The number of piperidine rings is 1. The number of likely N-dealkylation sites (N-methyl/N-ethyl adjacent to an activating group) is 1. The van der Waals surface area contributed by atoms with Crippen molar-refractivity contribution in [3.8, 4) is 0 Å². The number of hydrogen-bond donors (Lipinski definition) is 2. The summed E-state index contributed by atoms with van der Waals surface area (Å²) in [5.74, 6) is -0.918. The van der Waals surface area contributed by atoms with Crippen molar-refractivity contribution in [1.29, 1.82) is 0 Å². The first-order valence-electron chi connectivity index (χ1n) is 11.4. The summed E-state index contributed by atoms with van der Waals surface area (Å²) in [7, 11) is 2.09. The summed E-state index contributed by atoms with van der Waals surface area (Å²) in [6, 6.07) is 6.42. The molecule has 0 unspecified atom stereocenters. The third kappa shape index (κ3) is 4.40. The summed E-state index contributed by atoms with van der Waals surface area (Å²) < 4.78 is 10.2. The van der Waals surface area contributed by atoms with Gasteiger partial charge in [-0.05, 0) is 44.5 Å². The van der Waals surface area contributed by atoms with E-state index in [2.05, 4.69) is 35.3 Å². The van der Waals surface area contributed by atoms with Crippen LogP contribution < -0.4 is 0 Å². The Kier molecular flexibility index (Phi) is 6.83. The molecule has 1 saturated heterocycles. The molecule has 0 radical (unpaired) electrons. The molecule has 1 aliphatic heterocycles. The van der Waals surface area contributed by atoms with E-state index in [4.69, 9.17) is 9.47 Å². The average Bonchev–Trinajstić information content (AvgIpc) is 3.16. The van der Waals surface area contributed by atoms with Gasteiger partial charge < -0.3 is 24.5 Å². The molecule has 1 aliphatic carbocycles. The van der Waals surface area contributed by atoms with Crippen molar-refractivity contribution in [2.75, 3.05) is 46.4 Å². The van der Waals surface area contributed by atoms with Crippen LogP contribution in [0.2, 0.25) is 0 Å². The predicted molar refractivity (Wildman–Crippen MR) is 120 cm³/mol. The third-order valence-corrected chi connectivity index (χ3v) is 6.77. The Morgan fingerprint density at radius 1 is 1.19 bits per heavy atom. The Labute approximate surface area is 188 Å². The number of ether oxygens (including phenoxy) is 2. The zero-order chi connectivity index (χ0) is 22.8. The molecule has 1 aromatic carbocycles. The maximum absolute atomic E-state index is 12.2. The van der Waals surface area contributed by atoms with Crippen LogP contribution in [0.25, 0.3) is 10.9 Å². The number of fused-ring (bicyclic) bond motifs is 2. The lowest BCUT2D eigenvalue weighted by molar-refractivity contribution is -0.149. The topological polar surface area (TPSA) is 95.1 Å². The maximum atomic E-state index is 12.2. The van der Waals surface area contributed by atoms with E-state index in [1.807, 2.05) is 6.07 Å². The zero-order valence-corrected chi connectivity index (χ0v) is 19.0. The molecule has 174 valence electrons. The van der Waals surface area contributed by atoms with E-state index in [-0.39, 0.29) is 56.1 Å². The second kappa shape index (κ2) is 9.60.